The maximum Gasteiger partial charge on any atom is 0.246 e. The first-order chi connectivity index (χ1) is 12.4. The van der Waals surface area contributed by atoms with Crippen LogP contribution in [0.15, 0.2) is 30.3 Å². The normalized spacial score (nSPS) is 24.2. The maximum absolute atomic E-state index is 12.9. The minimum atomic E-state index is -1.03. The number of nitrogens with two attached hydrogens (primary N) is 1. The first-order valence-corrected chi connectivity index (χ1v) is 9.82. The molecular weight excluding hydrogens is 326 g/mol. The number of amides is 2. The van der Waals surface area contributed by atoms with Gasteiger partial charge in [-0.2, -0.15) is 0 Å². The molecule has 1 aromatic carbocycles. The molecule has 0 aromatic heterocycles. The Kier molecular flexibility index (Phi) is 5.66. The molecule has 2 unspecified atom stereocenters. The number of hydrogen-bond donors (Lipinski definition) is 1. The van der Waals surface area contributed by atoms with Crippen LogP contribution in [0.25, 0.3) is 0 Å². The van der Waals surface area contributed by atoms with Crippen LogP contribution >= 0.6 is 0 Å². The number of carbonyl (C=O) groups is 2. The van der Waals surface area contributed by atoms with Gasteiger partial charge in [0.05, 0.1) is 0 Å². The van der Waals surface area contributed by atoms with E-state index in [9.17, 15) is 9.59 Å². The molecular formula is C21H31N3O2. The van der Waals surface area contributed by atoms with E-state index < -0.39 is 5.54 Å². The molecule has 2 atom stereocenters. The van der Waals surface area contributed by atoms with Crippen LogP contribution in [0.2, 0.25) is 0 Å². The number of likely N-dealkylation sites (tertiary alicyclic amines) is 2. The predicted octanol–water partition coefficient (Wildman–Crippen LogP) is 2.36. The van der Waals surface area contributed by atoms with Gasteiger partial charge in [-0.05, 0) is 44.1 Å². The Morgan fingerprint density at radius 2 is 1.69 bits per heavy atom. The molecule has 2 saturated heterocycles. The standard InChI is InChI=1S/C21H31N3O2/c1-16-7-6-12-24(15-16)19(25)17-10-13-23(14-11-17)20(26)21(2,22)18-8-4-3-5-9-18/h3-5,8-9,16-17H,6-7,10-15,22H2,1-2H3. The highest BCUT2D eigenvalue weighted by Gasteiger charge is 2.38. The van der Waals surface area contributed by atoms with Gasteiger partial charge in [0.2, 0.25) is 11.8 Å². The van der Waals surface area contributed by atoms with E-state index in [1.54, 1.807) is 6.92 Å². The first-order valence-electron chi connectivity index (χ1n) is 9.82. The van der Waals surface area contributed by atoms with Gasteiger partial charge in [-0.25, -0.2) is 0 Å². The van der Waals surface area contributed by atoms with Crippen molar-refractivity contribution in [3.8, 4) is 0 Å². The molecule has 0 spiro atoms. The molecule has 1 aromatic rings. The van der Waals surface area contributed by atoms with Crippen LogP contribution in [0.3, 0.4) is 0 Å². The average Bonchev–Trinajstić information content (AvgIpc) is 2.67. The molecule has 2 amide bonds. The fraction of sp³-hybridized carbons (Fsp3) is 0.619. The zero-order valence-corrected chi connectivity index (χ0v) is 16.0. The molecule has 2 fully saturated rings. The third-order valence-electron chi connectivity index (χ3n) is 5.92. The van der Waals surface area contributed by atoms with Gasteiger partial charge in [-0.3, -0.25) is 9.59 Å². The molecule has 26 heavy (non-hydrogen) atoms. The lowest BCUT2D eigenvalue weighted by Crippen LogP contribution is -2.54. The number of piperidine rings is 2. The summed E-state index contributed by atoms with van der Waals surface area (Å²) < 4.78 is 0. The van der Waals surface area contributed by atoms with Crippen molar-refractivity contribution in [3.63, 3.8) is 0 Å². The van der Waals surface area contributed by atoms with Crippen molar-refractivity contribution in [3.05, 3.63) is 35.9 Å². The number of carbonyl (C=O) groups excluding carboxylic acids is 2. The Labute approximate surface area is 156 Å². The summed E-state index contributed by atoms with van der Waals surface area (Å²) in [6.07, 6.45) is 3.79. The summed E-state index contributed by atoms with van der Waals surface area (Å²) in [5, 5.41) is 0. The van der Waals surface area contributed by atoms with Gasteiger partial charge in [0, 0.05) is 32.1 Å². The van der Waals surface area contributed by atoms with E-state index in [0.29, 0.717) is 19.0 Å². The Balaban J connectivity index is 1.58. The van der Waals surface area contributed by atoms with E-state index in [1.807, 2.05) is 40.1 Å². The average molecular weight is 357 g/mol. The van der Waals surface area contributed by atoms with E-state index in [2.05, 4.69) is 6.92 Å². The van der Waals surface area contributed by atoms with Gasteiger partial charge in [0.15, 0.2) is 0 Å². The van der Waals surface area contributed by atoms with Crippen LogP contribution in [-0.2, 0) is 15.1 Å². The minimum absolute atomic E-state index is 0.0464. The molecule has 142 valence electrons. The SMILES string of the molecule is CC1CCCN(C(=O)C2CCN(C(=O)C(C)(N)c3ccccc3)CC2)C1. The molecule has 2 aliphatic heterocycles. The van der Waals surface area contributed by atoms with E-state index in [-0.39, 0.29) is 17.7 Å². The van der Waals surface area contributed by atoms with Crippen LogP contribution in [0.1, 0.15) is 45.1 Å². The third-order valence-corrected chi connectivity index (χ3v) is 5.92. The van der Waals surface area contributed by atoms with Gasteiger partial charge in [0.1, 0.15) is 5.54 Å². The van der Waals surface area contributed by atoms with Gasteiger partial charge in [-0.15, -0.1) is 0 Å². The lowest BCUT2D eigenvalue weighted by molar-refractivity contribution is -0.144. The summed E-state index contributed by atoms with van der Waals surface area (Å²) in [4.78, 5) is 29.6. The Morgan fingerprint density at radius 3 is 2.31 bits per heavy atom. The second kappa shape index (κ2) is 7.78. The van der Waals surface area contributed by atoms with E-state index in [0.717, 1.165) is 37.9 Å². The van der Waals surface area contributed by atoms with Crippen LogP contribution < -0.4 is 5.73 Å². The van der Waals surface area contributed by atoms with E-state index >= 15 is 0 Å². The molecule has 5 heteroatoms. The molecule has 2 N–H and O–H groups in total. The summed E-state index contributed by atoms with van der Waals surface area (Å²) in [5.41, 5.74) is 6.17. The van der Waals surface area contributed by atoms with Gasteiger partial charge in [0.25, 0.3) is 0 Å². The predicted molar refractivity (Wildman–Crippen MR) is 102 cm³/mol. The highest BCUT2D eigenvalue weighted by Crippen LogP contribution is 2.27. The van der Waals surface area contributed by atoms with Crippen molar-refractivity contribution >= 4 is 11.8 Å². The molecule has 0 aliphatic carbocycles. The molecule has 3 rings (SSSR count). The minimum Gasteiger partial charge on any atom is -0.342 e. The Hall–Kier alpha value is -1.88. The highest BCUT2D eigenvalue weighted by atomic mass is 16.2. The fourth-order valence-electron chi connectivity index (χ4n) is 4.21. The third kappa shape index (κ3) is 3.93. The first kappa shape index (κ1) is 18.9. The van der Waals surface area contributed by atoms with Crippen LogP contribution in [-0.4, -0.2) is 47.8 Å². The van der Waals surface area contributed by atoms with Crippen molar-refractivity contribution in [2.45, 2.75) is 45.1 Å². The molecule has 2 aliphatic rings. The zero-order valence-electron chi connectivity index (χ0n) is 16.0. The zero-order chi connectivity index (χ0) is 18.7. The molecule has 0 saturated carbocycles. The fourth-order valence-corrected chi connectivity index (χ4v) is 4.21. The van der Waals surface area contributed by atoms with Gasteiger partial charge >= 0.3 is 0 Å². The quantitative estimate of drug-likeness (QED) is 0.903. The molecule has 0 radical (unpaired) electrons. The van der Waals surface area contributed by atoms with Crippen molar-refractivity contribution in [1.82, 2.24) is 9.80 Å². The van der Waals surface area contributed by atoms with Crippen molar-refractivity contribution in [2.24, 2.45) is 17.6 Å². The smallest absolute Gasteiger partial charge is 0.246 e. The van der Waals surface area contributed by atoms with Gasteiger partial charge < -0.3 is 15.5 Å². The Morgan fingerprint density at radius 1 is 1.04 bits per heavy atom. The van der Waals surface area contributed by atoms with Crippen LogP contribution in [0.4, 0.5) is 0 Å². The monoisotopic (exact) mass is 357 g/mol. The second-order valence-electron chi connectivity index (χ2n) is 8.17. The molecule has 2 heterocycles. The summed E-state index contributed by atoms with van der Waals surface area (Å²) >= 11 is 0. The maximum atomic E-state index is 12.9. The van der Waals surface area contributed by atoms with Crippen molar-refractivity contribution in [2.75, 3.05) is 26.2 Å². The summed E-state index contributed by atoms with van der Waals surface area (Å²) in [7, 11) is 0. The number of nitrogens with zero attached hydrogens (tertiary/aromatic N) is 2. The topological polar surface area (TPSA) is 66.6 Å². The summed E-state index contributed by atoms with van der Waals surface area (Å²) in [6.45, 7) is 6.98. The van der Waals surface area contributed by atoms with E-state index in [4.69, 9.17) is 5.73 Å². The van der Waals surface area contributed by atoms with E-state index in [1.165, 1.54) is 6.42 Å². The highest BCUT2D eigenvalue weighted by molar-refractivity contribution is 5.87. The van der Waals surface area contributed by atoms with Crippen LogP contribution in [0.5, 0.6) is 0 Å². The van der Waals surface area contributed by atoms with Crippen molar-refractivity contribution < 1.29 is 9.59 Å². The Bertz CT molecular complexity index is 636. The molecule has 5 nitrogen and oxygen atoms in total. The second-order valence-corrected chi connectivity index (χ2v) is 8.17. The number of rotatable bonds is 3. The molecule has 0 bridgehead atoms. The van der Waals surface area contributed by atoms with Gasteiger partial charge in [-0.1, -0.05) is 37.3 Å². The van der Waals surface area contributed by atoms with Crippen molar-refractivity contribution in [1.29, 1.82) is 0 Å². The summed E-state index contributed by atoms with van der Waals surface area (Å²) in [6, 6.07) is 9.51. The van der Waals surface area contributed by atoms with Crippen LogP contribution in [0, 0.1) is 11.8 Å². The number of benzene rings is 1. The summed E-state index contributed by atoms with van der Waals surface area (Å²) in [5.74, 6) is 0.867. The number of hydrogen-bond acceptors (Lipinski definition) is 3. The largest absolute Gasteiger partial charge is 0.342 e. The lowest BCUT2D eigenvalue weighted by atomic mass is 9.88. The lowest BCUT2D eigenvalue weighted by Gasteiger charge is -2.39.